The van der Waals surface area contributed by atoms with E-state index in [9.17, 15) is 57.0 Å². The zero-order valence-corrected chi connectivity index (χ0v) is 33.3. The van der Waals surface area contributed by atoms with E-state index in [4.69, 9.17) is 5.73 Å². The highest BCUT2D eigenvalue weighted by Gasteiger charge is 2.27. The van der Waals surface area contributed by atoms with Gasteiger partial charge in [-0.2, -0.15) is 49.0 Å². The Bertz CT molecular complexity index is 3310. The minimum atomic E-state index is -5.17. The second-order valence-corrected chi connectivity index (χ2v) is 19.3. The number of phenols is 1. The number of nitrogens with zero attached hydrogens (tertiary/aromatic N) is 5. The van der Waals surface area contributed by atoms with Crippen molar-refractivity contribution in [2.75, 3.05) is 5.73 Å². The Morgan fingerprint density at radius 3 is 1.95 bits per heavy atom. The van der Waals surface area contributed by atoms with Crippen LogP contribution in [0.2, 0.25) is 0 Å². The van der Waals surface area contributed by atoms with Crippen LogP contribution in [0.5, 0.6) is 5.75 Å². The summed E-state index contributed by atoms with van der Waals surface area (Å²) in [5.74, 6) is -0.896. The van der Waals surface area contributed by atoms with E-state index < -0.39 is 73.8 Å². The second kappa shape index (κ2) is 14.4. The van der Waals surface area contributed by atoms with Crippen LogP contribution in [0, 0.1) is 6.92 Å². The Balaban J connectivity index is 1.26. The summed E-state index contributed by atoms with van der Waals surface area (Å²) in [5.41, 5.74) is 6.96. The molecule has 1 aliphatic rings. The highest BCUT2D eigenvalue weighted by atomic mass is 32.2. The predicted octanol–water partition coefficient (Wildman–Crippen LogP) is 7.15. The summed E-state index contributed by atoms with van der Waals surface area (Å²) in [4.78, 5) is 2.11. The lowest BCUT2D eigenvalue weighted by atomic mass is 9.93. The van der Waals surface area contributed by atoms with E-state index in [1.165, 1.54) is 18.2 Å². The van der Waals surface area contributed by atoms with Crippen LogP contribution in [0.15, 0.2) is 113 Å². The second-order valence-electron chi connectivity index (χ2n) is 12.7. The van der Waals surface area contributed by atoms with Gasteiger partial charge < -0.3 is 10.8 Å². The number of aromatic hydroxyl groups is 1. The van der Waals surface area contributed by atoms with Gasteiger partial charge in [-0.05, 0) is 96.1 Å². The van der Waals surface area contributed by atoms with E-state index in [1.54, 1.807) is 43.3 Å². The molecule has 1 aromatic heterocycles. The molecular weight excluding hydrogens is 861 g/mol. The van der Waals surface area contributed by atoms with Crippen LogP contribution in [0.3, 0.4) is 0 Å². The number of phenolic OH excluding ortho intramolecular Hbond substituents is 1. The van der Waals surface area contributed by atoms with Crippen molar-refractivity contribution in [3.63, 3.8) is 0 Å². The molecule has 58 heavy (non-hydrogen) atoms. The fourth-order valence-electron chi connectivity index (χ4n) is 6.24. The number of allylic oxidation sites excluding steroid dienone is 2. The van der Waals surface area contributed by atoms with E-state index in [0.29, 0.717) is 37.6 Å². The number of anilines is 1. The van der Waals surface area contributed by atoms with Crippen LogP contribution < -0.4 is 5.73 Å². The third-order valence-electron chi connectivity index (χ3n) is 8.95. The number of fused-ring (bicyclic) bond motifs is 3. The van der Waals surface area contributed by atoms with Gasteiger partial charge in [0.15, 0.2) is 5.75 Å². The molecule has 5 aromatic carbocycles. The van der Waals surface area contributed by atoms with Crippen molar-refractivity contribution in [3.8, 4) is 16.3 Å². The highest BCUT2D eigenvalue weighted by molar-refractivity contribution is 7.89. The fraction of sp³-hybridized carbons (Fsp3) is 0.0882. The molecule has 0 aliphatic heterocycles. The molecule has 6 aromatic rings. The predicted molar refractivity (Wildman–Crippen MR) is 211 cm³/mol. The third-order valence-corrected chi connectivity index (χ3v) is 14.0. The molecule has 0 radical (unpaired) electrons. The SMILES string of the molecule is Cc1ccc2nc(-c3ccc(N=Nc4ccc(N=Nc5c(S(=O)(=O)O)cc6cc(S(=O)(=O)O)c(N)cc6c5O)c5c4CC=C(S(=O)(=O)O)C5)cc3)sc2c1S(=O)(=O)O. The van der Waals surface area contributed by atoms with Crippen LogP contribution >= 0.6 is 11.3 Å². The summed E-state index contributed by atoms with van der Waals surface area (Å²) in [6, 6.07) is 15.1. The van der Waals surface area contributed by atoms with Crippen molar-refractivity contribution < 1.29 is 57.0 Å². The fourth-order valence-corrected chi connectivity index (χ4v) is 10.5. The van der Waals surface area contributed by atoms with Crippen LogP contribution in [0.25, 0.3) is 31.6 Å². The van der Waals surface area contributed by atoms with Gasteiger partial charge in [0.25, 0.3) is 40.5 Å². The molecule has 0 atom stereocenters. The largest absolute Gasteiger partial charge is 0.505 e. The first-order valence-corrected chi connectivity index (χ1v) is 22.8. The first-order chi connectivity index (χ1) is 27.0. The Morgan fingerprint density at radius 2 is 1.33 bits per heavy atom. The number of aryl methyl sites for hydroxylation is 1. The molecule has 0 spiro atoms. The summed E-state index contributed by atoms with van der Waals surface area (Å²) in [5, 5.41) is 27.6. The number of thiazole rings is 1. The summed E-state index contributed by atoms with van der Waals surface area (Å²) < 4.78 is 136. The smallest absolute Gasteiger partial charge is 0.296 e. The first kappa shape index (κ1) is 40.6. The Hall–Kier alpha value is -5.57. The third kappa shape index (κ3) is 7.83. The lowest BCUT2D eigenvalue weighted by Gasteiger charge is -2.18. The molecule has 0 bridgehead atoms. The van der Waals surface area contributed by atoms with Crippen molar-refractivity contribution in [1.82, 2.24) is 4.98 Å². The number of rotatable bonds is 9. The van der Waals surface area contributed by atoms with Gasteiger partial charge in [0.05, 0.1) is 37.9 Å². The van der Waals surface area contributed by atoms with Crippen molar-refractivity contribution in [3.05, 3.63) is 94.4 Å². The van der Waals surface area contributed by atoms with E-state index in [0.717, 1.165) is 29.5 Å². The standard InChI is InChI=1S/C34H26N6O13S5/c1-16-2-9-27-32(33(16)58(51,52)53)54-34(36-27)17-3-5-19(6-4-17)37-38-25-10-11-26(23-14-20(55(42,43)44)7-8-21(23)25)39-40-30-29(57(48,49)50)13-18-12-28(56(45,46)47)24(35)15-22(18)31(30)41/h2-7,9-13,15,41H,8,14,35H2,1H3,(H,42,43,44)(H,45,46,47)(H,48,49,50)(H,51,52,53). The van der Waals surface area contributed by atoms with Gasteiger partial charge in [-0.1, -0.05) is 12.1 Å². The van der Waals surface area contributed by atoms with Crippen LogP contribution in [-0.4, -0.2) is 62.0 Å². The summed E-state index contributed by atoms with van der Waals surface area (Å²) in [6.45, 7) is 1.56. The molecule has 0 unspecified atom stereocenters. The molecule has 1 heterocycles. The molecule has 1 aliphatic carbocycles. The van der Waals surface area contributed by atoms with E-state index in [2.05, 4.69) is 25.4 Å². The zero-order chi connectivity index (χ0) is 42.1. The van der Waals surface area contributed by atoms with Gasteiger partial charge in [0, 0.05) is 17.4 Å². The van der Waals surface area contributed by atoms with Crippen LogP contribution in [0.1, 0.15) is 16.7 Å². The van der Waals surface area contributed by atoms with Crippen molar-refractivity contribution in [1.29, 1.82) is 0 Å². The van der Waals surface area contributed by atoms with Crippen LogP contribution in [-0.2, 0) is 53.3 Å². The lowest BCUT2D eigenvalue weighted by Crippen LogP contribution is -2.11. The number of nitrogens with two attached hydrogens (primary N) is 1. The summed E-state index contributed by atoms with van der Waals surface area (Å²) >= 11 is 1.08. The number of azo groups is 2. The maximum absolute atomic E-state index is 12.4. The van der Waals surface area contributed by atoms with E-state index in [1.807, 2.05) is 0 Å². The Kier molecular flexibility index (Phi) is 10.1. The van der Waals surface area contributed by atoms with Gasteiger partial charge in [0.1, 0.15) is 25.4 Å². The molecule has 7 N–H and O–H groups in total. The Morgan fingerprint density at radius 1 is 0.707 bits per heavy atom. The minimum Gasteiger partial charge on any atom is -0.505 e. The molecule has 0 fully saturated rings. The summed E-state index contributed by atoms with van der Waals surface area (Å²) in [7, 11) is -19.2. The summed E-state index contributed by atoms with van der Waals surface area (Å²) in [6.07, 6.45) is 0.762. The maximum Gasteiger partial charge on any atom is 0.296 e. The van der Waals surface area contributed by atoms with Gasteiger partial charge in [-0.15, -0.1) is 16.5 Å². The molecule has 24 heteroatoms. The van der Waals surface area contributed by atoms with Crippen LogP contribution in [0.4, 0.5) is 28.4 Å². The number of hydrogen-bond acceptors (Lipinski definition) is 16. The monoisotopic (exact) mass is 886 g/mol. The Labute approximate surface area is 332 Å². The highest BCUT2D eigenvalue weighted by Crippen LogP contribution is 2.45. The molecular formula is C34H26N6O13S5. The maximum atomic E-state index is 12.4. The van der Waals surface area contributed by atoms with Crippen molar-refractivity contribution in [2.24, 2.45) is 20.5 Å². The topological polar surface area (TPSA) is 326 Å². The number of hydrogen-bond donors (Lipinski definition) is 6. The first-order valence-electron chi connectivity index (χ1n) is 16.2. The minimum absolute atomic E-state index is 0.0576. The number of benzene rings is 5. The van der Waals surface area contributed by atoms with Gasteiger partial charge in [0.2, 0.25) is 0 Å². The lowest BCUT2D eigenvalue weighted by molar-refractivity contribution is 0.472. The van der Waals surface area contributed by atoms with Gasteiger partial charge >= 0.3 is 0 Å². The van der Waals surface area contributed by atoms with E-state index in [-0.39, 0.29) is 43.9 Å². The average molecular weight is 887 g/mol. The van der Waals surface area contributed by atoms with E-state index >= 15 is 0 Å². The average Bonchev–Trinajstić information content (AvgIpc) is 3.56. The number of nitrogen functional groups attached to an aromatic ring is 1. The number of aromatic nitrogens is 1. The molecule has 300 valence electrons. The molecule has 0 amide bonds. The normalized spacial score (nSPS) is 14.1. The van der Waals surface area contributed by atoms with Gasteiger partial charge in [-0.25, -0.2) is 4.98 Å². The quantitative estimate of drug-likeness (QED) is 0.0477. The molecule has 19 nitrogen and oxygen atoms in total. The van der Waals surface area contributed by atoms with Crippen molar-refractivity contribution >= 4 is 101 Å². The van der Waals surface area contributed by atoms with Crippen molar-refractivity contribution in [2.45, 2.75) is 34.5 Å². The molecule has 7 rings (SSSR count). The van der Waals surface area contributed by atoms with Gasteiger partial charge in [-0.3, -0.25) is 18.2 Å². The zero-order valence-electron chi connectivity index (χ0n) is 29.2. The molecule has 0 saturated heterocycles. The molecule has 0 saturated carbocycles.